The van der Waals surface area contributed by atoms with Crippen LogP contribution < -0.4 is 15.0 Å². The van der Waals surface area contributed by atoms with E-state index >= 15 is 0 Å². The van der Waals surface area contributed by atoms with Crippen LogP contribution in [-0.4, -0.2) is 48.2 Å². The van der Waals surface area contributed by atoms with Crippen LogP contribution in [0.1, 0.15) is 46.9 Å². The molecule has 8 heteroatoms. The lowest BCUT2D eigenvalue weighted by atomic mass is 10.1. The van der Waals surface area contributed by atoms with E-state index in [-0.39, 0.29) is 19.1 Å². The first kappa shape index (κ1) is 20.6. The molecule has 0 radical (unpaired) electrons. The van der Waals surface area contributed by atoms with Crippen LogP contribution in [-0.2, 0) is 9.59 Å². The third-order valence-electron chi connectivity index (χ3n) is 5.35. The molecule has 2 heterocycles. The Kier molecular flexibility index (Phi) is 5.70. The van der Waals surface area contributed by atoms with Gasteiger partial charge in [-0.25, -0.2) is 0 Å². The van der Waals surface area contributed by atoms with Crippen LogP contribution >= 0.6 is 0 Å². The summed E-state index contributed by atoms with van der Waals surface area (Å²) in [6, 6.07) is 11.5. The molecule has 0 aromatic heterocycles. The Morgan fingerprint density at radius 3 is 2.39 bits per heavy atom. The summed E-state index contributed by atoms with van der Waals surface area (Å²) in [5, 5.41) is 2.71. The van der Waals surface area contributed by atoms with E-state index < -0.39 is 17.7 Å². The second-order valence-electron chi connectivity index (χ2n) is 7.51. The number of nitrogens with one attached hydrogen (secondary N) is 1. The van der Waals surface area contributed by atoms with Gasteiger partial charge in [0.15, 0.2) is 6.61 Å². The highest BCUT2D eigenvalue weighted by atomic mass is 16.5. The summed E-state index contributed by atoms with van der Waals surface area (Å²) in [4.78, 5) is 52.4. The average molecular weight is 421 g/mol. The molecule has 2 aliphatic rings. The minimum atomic E-state index is -0.505. The standard InChI is InChI=1S/C23H23N3O5/c1-2-3-6-11-25-18-12-15(9-10-19(18)31-14-21(25)28)24-20(27)13-26-22(29)16-7-4-5-8-17(16)23(26)30/h4-5,7-10,12H,2-3,6,11,13-14H2,1H3,(H,24,27). The molecule has 2 aromatic rings. The van der Waals surface area contributed by atoms with Crippen molar-refractivity contribution < 1.29 is 23.9 Å². The summed E-state index contributed by atoms with van der Waals surface area (Å²) >= 11 is 0. The molecule has 31 heavy (non-hydrogen) atoms. The third kappa shape index (κ3) is 4.01. The summed E-state index contributed by atoms with van der Waals surface area (Å²) in [6.07, 6.45) is 2.92. The van der Waals surface area contributed by atoms with Crippen LogP contribution in [0.25, 0.3) is 0 Å². The number of unbranched alkanes of at least 4 members (excludes halogenated alkanes) is 2. The molecule has 4 rings (SSSR count). The molecule has 0 fully saturated rings. The number of hydrogen-bond acceptors (Lipinski definition) is 5. The van der Waals surface area contributed by atoms with Crippen molar-refractivity contribution in [1.82, 2.24) is 4.90 Å². The van der Waals surface area contributed by atoms with Gasteiger partial charge in [-0.05, 0) is 36.8 Å². The lowest BCUT2D eigenvalue weighted by Gasteiger charge is -2.30. The van der Waals surface area contributed by atoms with Crippen molar-refractivity contribution in [1.29, 1.82) is 0 Å². The minimum absolute atomic E-state index is 0.00935. The molecule has 160 valence electrons. The molecule has 0 saturated heterocycles. The SMILES string of the molecule is CCCCCN1C(=O)COc2ccc(NC(=O)CN3C(=O)c4ccccc4C3=O)cc21. The zero-order valence-electron chi connectivity index (χ0n) is 17.2. The highest BCUT2D eigenvalue weighted by Gasteiger charge is 2.36. The Labute approximate surface area is 179 Å². The number of ether oxygens (including phenoxy) is 1. The molecule has 0 spiro atoms. The molecule has 0 unspecified atom stereocenters. The van der Waals surface area contributed by atoms with Gasteiger partial charge in [-0.2, -0.15) is 0 Å². The molecule has 0 aliphatic carbocycles. The van der Waals surface area contributed by atoms with E-state index in [0.29, 0.717) is 34.8 Å². The highest BCUT2D eigenvalue weighted by molar-refractivity contribution is 6.22. The molecule has 2 aromatic carbocycles. The van der Waals surface area contributed by atoms with Gasteiger partial charge in [-0.15, -0.1) is 0 Å². The van der Waals surface area contributed by atoms with Gasteiger partial charge in [0.2, 0.25) is 5.91 Å². The van der Waals surface area contributed by atoms with Gasteiger partial charge in [0, 0.05) is 12.2 Å². The molecule has 1 N–H and O–H groups in total. The van der Waals surface area contributed by atoms with E-state index in [9.17, 15) is 19.2 Å². The van der Waals surface area contributed by atoms with E-state index in [1.807, 2.05) is 0 Å². The number of fused-ring (bicyclic) bond motifs is 2. The number of anilines is 2. The normalized spacial score (nSPS) is 14.9. The van der Waals surface area contributed by atoms with Gasteiger partial charge in [-0.1, -0.05) is 31.9 Å². The van der Waals surface area contributed by atoms with Crippen LogP contribution in [0.15, 0.2) is 42.5 Å². The monoisotopic (exact) mass is 421 g/mol. The van der Waals surface area contributed by atoms with Crippen molar-refractivity contribution in [3.05, 3.63) is 53.6 Å². The maximum absolute atomic E-state index is 12.6. The summed E-state index contributed by atoms with van der Waals surface area (Å²) in [6.45, 7) is 2.27. The van der Waals surface area contributed by atoms with Crippen molar-refractivity contribution in [2.24, 2.45) is 0 Å². The van der Waals surface area contributed by atoms with E-state index in [0.717, 1.165) is 24.2 Å². The van der Waals surface area contributed by atoms with Crippen molar-refractivity contribution in [3.63, 3.8) is 0 Å². The number of carbonyl (C=O) groups is 4. The number of amides is 4. The first-order valence-corrected chi connectivity index (χ1v) is 10.3. The van der Waals surface area contributed by atoms with E-state index in [1.165, 1.54) is 0 Å². The number of hydrogen-bond donors (Lipinski definition) is 1. The fourth-order valence-electron chi connectivity index (χ4n) is 3.77. The highest BCUT2D eigenvalue weighted by Crippen LogP contribution is 2.35. The second-order valence-corrected chi connectivity index (χ2v) is 7.51. The maximum atomic E-state index is 12.6. The lowest BCUT2D eigenvalue weighted by Crippen LogP contribution is -2.39. The summed E-state index contributed by atoms with van der Waals surface area (Å²) in [5.74, 6) is -1.02. The predicted molar refractivity (Wildman–Crippen MR) is 114 cm³/mol. The summed E-state index contributed by atoms with van der Waals surface area (Å²) in [7, 11) is 0. The summed E-state index contributed by atoms with van der Waals surface area (Å²) in [5.41, 5.74) is 1.66. The molecule has 2 aliphatic heterocycles. The minimum Gasteiger partial charge on any atom is -0.482 e. The quantitative estimate of drug-likeness (QED) is 0.548. The Hall–Kier alpha value is -3.68. The fourth-order valence-corrected chi connectivity index (χ4v) is 3.77. The third-order valence-corrected chi connectivity index (χ3v) is 5.35. The van der Waals surface area contributed by atoms with Gasteiger partial charge in [0.25, 0.3) is 17.7 Å². The second kappa shape index (κ2) is 8.59. The largest absolute Gasteiger partial charge is 0.482 e. The van der Waals surface area contributed by atoms with Crippen LogP contribution in [0.3, 0.4) is 0 Å². The van der Waals surface area contributed by atoms with Crippen LogP contribution in [0.2, 0.25) is 0 Å². The molecule has 0 bridgehead atoms. The fraction of sp³-hybridized carbons (Fsp3) is 0.304. The Bertz CT molecular complexity index is 1030. The number of benzene rings is 2. The first-order chi connectivity index (χ1) is 15.0. The summed E-state index contributed by atoms with van der Waals surface area (Å²) < 4.78 is 5.50. The van der Waals surface area contributed by atoms with Crippen LogP contribution in [0, 0.1) is 0 Å². The van der Waals surface area contributed by atoms with Gasteiger partial charge in [-0.3, -0.25) is 24.1 Å². The van der Waals surface area contributed by atoms with Crippen molar-refractivity contribution in [2.45, 2.75) is 26.2 Å². The molecular weight excluding hydrogens is 398 g/mol. The Morgan fingerprint density at radius 2 is 1.71 bits per heavy atom. The van der Waals surface area contributed by atoms with Crippen LogP contribution in [0.4, 0.5) is 11.4 Å². The molecule has 0 atom stereocenters. The average Bonchev–Trinajstić information content (AvgIpc) is 3.00. The van der Waals surface area contributed by atoms with Crippen LogP contribution in [0.5, 0.6) is 5.75 Å². The van der Waals surface area contributed by atoms with Crippen molar-refractivity contribution >= 4 is 35.0 Å². The molecule has 0 saturated carbocycles. The van der Waals surface area contributed by atoms with E-state index in [1.54, 1.807) is 47.4 Å². The van der Waals surface area contributed by atoms with Gasteiger partial charge >= 0.3 is 0 Å². The molecule has 8 nitrogen and oxygen atoms in total. The zero-order valence-corrected chi connectivity index (χ0v) is 17.2. The zero-order chi connectivity index (χ0) is 22.0. The Morgan fingerprint density at radius 1 is 1.00 bits per heavy atom. The van der Waals surface area contributed by atoms with Crippen molar-refractivity contribution in [2.75, 3.05) is 29.9 Å². The Balaban J connectivity index is 1.47. The topological polar surface area (TPSA) is 96.0 Å². The van der Waals surface area contributed by atoms with Crippen molar-refractivity contribution in [3.8, 4) is 5.75 Å². The lowest BCUT2D eigenvalue weighted by molar-refractivity contribution is -0.121. The smallest absolute Gasteiger partial charge is 0.265 e. The number of rotatable bonds is 7. The van der Waals surface area contributed by atoms with E-state index in [4.69, 9.17) is 4.74 Å². The number of carbonyl (C=O) groups excluding carboxylic acids is 4. The van der Waals surface area contributed by atoms with Gasteiger partial charge in [0.1, 0.15) is 12.3 Å². The molecular formula is C23H23N3O5. The number of nitrogens with zero attached hydrogens (tertiary/aromatic N) is 2. The van der Waals surface area contributed by atoms with E-state index in [2.05, 4.69) is 12.2 Å². The molecule has 4 amide bonds. The maximum Gasteiger partial charge on any atom is 0.265 e. The van der Waals surface area contributed by atoms with Gasteiger partial charge < -0.3 is 15.0 Å². The van der Waals surface area contributed by atoms with Gasteiger partial charge in [0.05, 0.1) is 16.8 Å². The number of imide groups is 1. The predicted octanol–water partition coefficient (Wildman–Crippen LogP) is 2.84. The first-order valence-electron chi connectivity index (χ1n) is 10.3.